The number of halogens is 1. The van der Waals surface area contributed by atoms with Crippen molar-refractivity contribution in [2.45, 2.75) is 6.61 Å². The Morgan fingerprint density at radius 1 is 1.11 bits per heavy atom. The van der Waals surface area contributed by atoms with E-state index in [0.717, 1.165) is 5.56 Å². The molecule has 0 aliphatic carbocycles. The lowest BCUT2D eigenvalue weighted by Crippen LogP contribution is -2.29. The van der Waals surface area contributed by atoms with Gasteiger partial charge in [-0.2, -0.15) is 0 Å². The van der Waals surface area contributed by atoms with Crippen LogP contribution in [0, 0.1) is 5.82 Å². The molecule has 92 valence electrons. The first-order chi connectivity index (χ1) is 8.65. The van der Waals surface area contributed by atoms with Gasteiger partial charge in [0.1, 0.15) is 12.4 Å². The maximum atomic E-state index is 12.7. The highest BCUT2D eigenvalue weighted by Gasteiger charge is 2.10. The van der Waals surface area contributed by atoms with Crippen LogP contribution in [0.2, 0.25) is 0 Å². The first-order valence-electron chi connectivity index (χ1n) is 5.34. The van der Waals surface area contributed by atoms with E-state index in [9.17, 15) is 4.39 Å². The van der Waals surface area contributed by atoms with E-state index < -0.39 is 7.12 Å². The first kappa shape index (κ1) is 12.5. The van der Waals surface area contributed by atoms with E-state index in [0.29, 0.717) is 11.3 Å². The van der Waals surface area contributed by atoms with Crippen LogP contribution in [0.3, 0.4) is 0 Å². The summed E-state index contributed by atoms with van der Waals surface area (Å²) >= 11 is 0. The van der Waals surface area contributed by atoms with Gasteiger partial charge in [0.25, 0.3) is 0 Å². The van der Waals surface area contributed by atoms with Crippen LogP contribution < -0.4 is 10.2 Å². The van der Waals surface area contributed by atoms with Crippen LogP contribution in [0.15, 0.2) is 42.6 Å². The van der Waals surface area contributed by atoms with Crippen LogP contribution in [-0.4, -0.2) is 22.2 Å². The van der Waals surface area contributed by atoms with E-state index in [4.69, 9.17) is 14.8 Å². The van der Waals surface area contributed by atoms with Gasteiger partial charge < -0.3 is 14.8 Å². The number of aromatic nitrogens is 1. The fourth-order valence-electron chi connectivity index (χ4n) is 1.37. The van der Waals surface area contributed by atoms with Crippen LogP contribution in [0.4, 0.5) is 4.39 Å². The van der Waals surface area contributed by atoms with E-state index in [1.165, 1.54) is 30.5 Å². The average Bonchev–Trinajstić information content (AvgIpc) is 2.38. The Labute approximate surface area is 104 Å². The van der Waals surface area contributed by atoms with Gasteiger partial charge >= 0.3 is 7.12 Å². The van der Waals surface area contributed by atoms with Crippen LogP contribution in [0.25, 0.3) is 0 Å². The molecule has 1 aromatic heterocycles. The molecule has 0 amide bonds. The summed E-state index contributed by atoms with van der Waals surface area (Å²) in [5.74, 6) is 0.0712. The zero-order chi connectivity index (χ0) is 13.0. The molecule has 0 saturated carbocycles. The van der Waals surface area contributed by atoms with Gasteiger partial charge in [-0.3, -0.25) is 0 Å². The second-order valence-corrected chi connectivity index (χ2v) is 3.72. The summed E-state index contributed by atoms with van der Waals surface area (Å²) in [6.07, 6.45) is 1.32. The van der Waals surface area contributed by atoms with Gasteiger partial charge in [-0.25, -0.2) is 9.37 Å². The molecule has 2 aromatic rings. The van der Waals surface area contributed by atoms with Crippen LogP contribution >= 0.6 is 0 Å². The van der Waals surface area contributed by atoms with Crippen molar-refractivity contribution in [1.82, 2.24) is 4.98 Å². The van der Waals surface area contributed by atoms with E-state index in [2.05, 4.69) is 4.98 Å². The zero-order valence-corrected chi connectivity index (χ0v) is 9.45. The standard InChI is InChI=1S/C12H11BFNO3/c14-11-4-1-9(2-5-11)8-18-12-6-3-10(7-15-12)13(16)17/h1-7,16-17H,8H2. The normalized spacial score (nSPS) is 10.2. The molecule has 0 fully saturated rings. The van der Waals surface area contributed by atoms with Gasteiger partial charge in [-0.15, -0.1) is 0 Å². The predicted molar refractivity (Wildman–Crippen MR) is 64.8 cm³/mol. The molecule has 0 spiro atoms. The highest BCUT2D eigenvalue weighted by Crippen LogP contribution is 2.08. The summed E-state index contributed by atoms with van der Waals surface area (Å²) in [6.45, 7) is 0.272. The third-order valence-corrected chi connectivity index (χ3v) is 2.36. The Hall–Kier alpha value is -1.92. The second-order valence-electron chi connectivity index (χ2n) is 3.72. The molecule has 1 heterocycles. The van der Waals surface area contributed by atoms with Gasteiger partial charge in [-0.05, 0) is 23.8 Å². The lowest BCUT2D eigenvalue weighted by molar-refractivity contribution is 0.294. The highest BCUT2D eigenvalue weighted by atomic mass is 19.1. The fraction of sp³-hybridized carbons (Fsp3) is 0.0833. The number of hydrogen-bond donors (Lipinski definition) is 2. The number of hydrogen-bond acceptors (Lipinski definition) is 4. The molecule has 2 rings (SSSR count). The molecule has 0 atom stereocenters. The van der Waals surface area contributed by atoms with Crippen molar-refractivity contribution in [2.75, 3.05) is 0 Å². The molecule has 0 saturated heterocycles. The Balaban J connectivity index is 1.95. The summed E-state index contributed by atoms with van der Waals surface area (Å²) < 4.78 is 18.0. The van der Waals surface area contributed by atoms with E-state index in [1.54, 1.807) is 12.1 Å². The van der Waals surface area contributed by atoms with Crippen molar-refractivity contribution in [2.24, 2.45) is 0 Å². The molecule has 6 heteroatoms. The third-order valence-electron chi connectivity index (χ3n) is 2.36. The fourth-order valence-corrected chi connectivity index (χ4v) is 1.37. The van der Waals surface area contributed by atoms with Crippen molar-refractivity contribution in [3.8, 4) is 5.88 Å². The van der Waals surface area contributed by atoms with Crippen molar-refractivity contribution < 1.29 is 19.2 Å². The smallest absolute Gasteiger partial charge is 0.473 e. The Morgan fingerprint density at radius 3 is 2.39 bits per heavy atom. The first-order valence-corrected chi connectivity index (χ1v) is 5.34. The third kappa shape index (κ3) is 3.29. The minimum atomic E-state index is -1.54. The van der Waals surface area contributed by atoms with E-state index >= 15 is 0 Å². The highest BCUT2D eigenvalue weighted by molar-refractivity contribution is 6.58. The molecule has 0 unspecified atom stereocenters. The molecule has 0 radical (unpaired) electrons. The largest absolute Gasteiger partial charge is 0.490 e. The van der Waals surface area contributed by atoms with Gasteiger partial charge in [0.15, 0.2) is 0 Å². The minimum Gasteiger partial charge on any atom is -0.473 e. The molecule has 1 aromatic carbocycles. The van der Waals surface area contributed by atoms with Gasteiger partial charge in [0.2, 0.25) is 5.88 Å². The monoisotopic (exact) mass is 247 g/mol. The SMILES string of the molecule is OB(O)c1ccc(OCc2ccc(F)cc2)nc1. The summed E-state index contributed by atoms with van der Waals surface area (Å²) in [7, 11) is -1.54. The van der Waals surface area contributed by atoms with Crippen molar-refractivity contribution in [3.63, 3.8) is 0 Å². The zero-order valence-electron chi connectivity index (χ0n) is 9.45. The van der Waals surface area contributed by atoms with Crippen LogP contribution in [0.1, 0.15) is 5.56 Å². The summed E-state index contributed by atoms with van der Waals surface area (Å²) in [5.41, 5.74) is 1.12. The summed E-state index contributed by atoms with van der Waals surface area (Å²) in [6, 6.07) is 9.02. The summed E-state index contributed by atoms with van der Waals surface area (Å²) in [4.78, 5) is 3.92. The van der Waals surface area contributed by atoms with Gasteiger partial charge in [0, 0.05) is 11.7 Å². The molecule has 2 N–H and O–H groups in total. The molecular formula is C12H11BFNO3. The maximum Gasteiger partial charge on any atom is 0.490 e. The number of rotatable bonds is 4. The van der Waals surface area contributed by atoms with Gasteiger partial charge in [0.05, 0.1) is 0 Å². The number of nitrogens with zero attached hydrogens (tertiary/aromatic N) is 1. The molecule has 0 aliphatic heterocycles. The Bertz CT molecular complexity index is 502. The van der Waals surface area contributed by atoms with E-state index in [-0.39, 0.29) is 12.4 Å². The molecule has 18 heavy (non-hydrogen) atoms. The van der Waals surface area contributed by atoms with Crippen LogP contribution in [-0.2, 0) is 6.61 Å². The topological polar surface area (TPSA) is 62.6 Å². The van der Waals surface area contributed by atoms with Gasteiger partial charge in [-0.1, -0.05) is 18.2 Å². The van der Waals surface area contributed by atoms with Crippen molar-refractivity contribution in [3.05, 3.63) is 54.0 Å². The molecule has 0 bridgehead atoms. The van der Waals surface area contributed by atoms with Crippen molar-refractivity contribution >= 4 is 12.6 Å². The minimum absolute atomic E-state index is 0.272. The second kappa shape index (κ2) is 5.62. The quantitative estimate of drug-likeness (QED) is 0.771. The maximum absolute atomic E-state index is 12.7. The predicted octanol–water partition coefficient (Wildman–Crippen LogP) is 0.479. The Morgan fingerprint density at radius 2 is 1.83 bits per heavy atom. The molecule has 0 aliphatic rings. The number of benzene rings is 1. The Kier molecular flexibility index (Phi) is 3.91. The van der Waals surface area contributed by atoms with E-state index in [1.807, 2.05) is 0 Å². The van der Waals surface area contributed by atoms with Crippen LogP contribution in [0.5, 0.6) is 5.88 Å². The number of ether oxygens (including phenoxy) is 1. The molecule has 4 nitrogen and oxygen atoms in total. The lowest BCUT2D eigenvalue weighted by atomic mass is 9.82. The van der Waals surface area contributed by atoms with Crippen molar-refractivity contribution in [1.29, 1.82) is 0 Å². The molecular weight excluding hydrogens is 236 g/mol. The number of pyridine rings is 1. The lowest BCUT2D eigenvalue weighted by Gasteiger charge is -2.06. The summed E-state index contributed by atoms with van der Waals surface area (Å²) in [5, 5.41) is 17.8. The average molecular weight is 247 g/mol.